The minimum Gasteiger partial charge on any atom is -0.288 e. The van der Waals surface area contributed by atoms with Gasteiger partial charge in [0.2, 0.25) is 0 Å². The van der Waals surface area contributed by atoms with Gasteiger partial charge in [0.1, 0.15) is 0 Å². The molecular weight excluding hydrogens is 250 g/mol. The van der Waals surface area contributed by atoms with Crippen molar-refractivity contribution in [2.24, 2.45) is 0 Å². The number of rotatable bonds is 9. The summed E-state index contributed by atoms with van der Waals surface area (Å²) in [5, 5.41) is 8.52. The van der Waals surface area contributed by atoms with Gasteiger partial charge in [-0.25, -0.2) is 5.48 Å². The zero-order chi connectivity index (χ0) is 14.6. The van der Waals surface area contributed by atoms with Crippen molar-refractivity contribution in [2.45, 2.75) is 51.9 Å². The SMILES string of the molecule is CCCCCCCCC=Cc1ccc(C(=O)NO)cc1. The molecule has 0 atom stereocenters. The Balaban J connectivity index is 2.23. The maximum absolute atomic E-state index is 11.2. The third-order valence-electron chi connectivity index (χ3n) is 3.31. The fourth-order valence-electron chi connectivity index (χ4n) is 2.07. The summed E-state index contributed by atoms with van der Waals surface area (Å²) in [5.74, 6) is -0.479. The molecule has 1 amide bonds. The molecule has 0 heterocycles. The minimum atomic E-state index is -0.479. The third-order valence-corrected chi connectivity index (χ3v) is 3.31. The van der Waals surface area contributed by atoms with E-state index in [2.05, 4.69) is 19.1 Å². The number of allylic oxidation sites excluding steroid dienone is 1. The van der Waals surface area contributed by atoms with Crippen LogP contribution in [0.4, 0.5) is 0 Å². The van der Waals surface area contributed by atoms with Gasteiger partial charge >= 0.3 is 0 Å². The molecule has 0 unspecified atom stereocenters. The molecule has 3 nitrogen and oxygen atoms in total. The van der Waals surface area contributed by atoms with Crippen molar-refractivity contribution in [3.05, 3.63) is 41.5 Å². The van der Waals surface area contributed by atoms with Gasteiger partial charge in [-0.1, -0.05) is 63.3 Å². The number of carbonyl (C=O) groups excluding carboxylic acids is 1. The van der Waals surface area contributed by atoms with E-state index in [-0.39, 0.29) is 0 Å². The van der Waals surface area contributed by atoms with Gasteiger partial charge in [-0.3, -0.25) is 10.0 Å². The van der Waals surface area contributed by atoms with Gasteiger partial charge < -0.3 is 0 Å². The Morgan fingerprint density at radius 1 is 1.10 bits per heavy atom. The molecular formula is C17H25NO2. The highest BCUT2D eigenvalue weighted by Crippen LogP contribution is 2.10. The van der Waals surface area contributed by atoms with Crippen LogP contribution >= 0.6 is 0 Å². The fourth-order valence-corrected chi connectivity index (χ4v) is 2.07. The van der Waals surface area contributed by atoms with Gasteiger partial charge in [-0.2, -0.15) is 0 Å². The van der Waals surface area contributed by atoms with E-state index in [1.807, 2.05) is 12.1 Å². The number of hydrogen-bond acceptors (Lipinski definition) is 2. The average molecular weight is 275 g/mol. The number of benzene rings is 1. The topological polar surface area (TPSA) is 49.3 Å². The third kappa shape index (κ3) is 6.53. The largest absolute Gasteiger partial charge is 0.288 e. The lowest BCUT2D eigenvalue weighted by Gasteiger charge is -1.99. The summed E-state index contributed by atoms with van der Waals surface area (Å²) >= 11 is 0. The lowest BCUT2D eigenvalue weighted by atomic mass is 10.1. The summed E-state index contributed by atoms with van der Waals surface area (Å²) in [6.07, 6.45) is 13.2. The summed E-state index contributed by atoms with van der Waals surface area (Å²) in [6, 6.07) is 7.16. The second-order valence-electron chi connectivity index (χ2n) is 5.02. The second kappa shape index (κ2) is 10.2. The fraction of sp³-hybridized carbons (Fsp3) is 0.471. The first-order chi connectivity index (χ1) is 9.77. The number of nitrogens with one attached hydrogen (secondary N) is 1. The Bertz CT molecular complexity index is 410. The number of hydroxylamine groups is 1. The van der Waals surface area contributed by atoms with Crippen LogP contribution < -0.4 is 5.48 Å². The molecule has 0 bridgehead atoms. The van der Waals surface area contributed by atoms with Gasteiger partial charge in [0.05, 0.1) is 0 Å². The Morgan fingerprint density at radius 3 is 2.40 bits per heavy atom. The standard InChI is InChI=1S/C17H25NO2/c1-2-3-4-5-6-7-8-9-10-15-11-13-16(14-12-15)17(19)18-20/h9-14,20H,2-8H2,1H3,(H,18,19). The average Bonchev–Trinajstić information content (AvgIpc) is 2.50. The van der Waals surface area contributed by atoms with Crippen LogP contribution in [0.25, 0.3) is 6.08 Å². The number of amides is 1. The van der Waals surface area contributed by atoms with Crippen molar-refractivity contribution in [1.82, 2.24) is 5.48 Å². The number of unbranched alkanes of at least 4 members (excludes halogenated alkanes) is 6. The molecule has 0 aliphatic rings. The first-order valence-electron chi connectivity index (χ1n) is 7.49. The predicted octanol–water partition coefficient (Wildman–Crippen LogP) is 4.57. The van der Waals surface area contributed by atoms with Gasteiger partial charge in [-0.15, -0.1) is 0 Å². The molecule has 0 fully saturated rings. The van der Waals surface area contributed by atoms with Gasteiger partial charge in [0.15, 0.2) is 0 Å². The highest BCUT2D eigenvalue weighted by Gasteiger charge is 2.01. The molecule has 1 aromatic carbocycles. The monoisotopic (exact) mass is 275 g/mol. The van der Waals surface area contributed by atoms with Crippen molar-refractivity contribution in [1.29, 1.82) is 0 Å². The van der Waals surface area contributed by atoms with Crippen molar-refractivity contribution in [3.8, 4) is 0 Å². The van der Waals surface area contributed by atoms with Crippen LogP contribution in [0.1, 0.15) is 67.8 Å². The maximum Gasteiger partial charge on any atom is 0.274 e. The maximum atomic E-state index is 11.2. The first-order valence-corrected chi connectivity index (χ1v) is 7.49. The van der Waals surface area contributed by atoms with Gasteiger partial charge in [-0.05, 0) is 30.5 Å². The van der Waals surface area contributed by atoms with Gasteiger partial charge in [0, 0.05) is 5.56 Å². The molecule has 0 saturated heterocycles. The van der Waals surface area contributed by atoms with E-state index in [0.29, 0.717) is 5.56 Å². The predicted molar refractivity (Wildman–Crippen MR) is 82.7 cm³/mol. The van der Waals surface area contributed by atoms with Gasteiger partial charge in [0.25, 0.3) is 5.91 Å². The van der Waals surface area contributed by atoms with Crippen LogP contribution in [0, 0.1) is 0 Å². The molecule has 0 saturated carbocycles. The summed E-state index contributed by atoms with van der Waals surface area (Å²) in [4.78, 5) is 11.2. The minimum absolute atomic E-state index is 0.459. The van der Waals surface area contributed by atoms with Crippen LogP contribution in [-0.4, -0.2) is 11.1 Å². The second-order valence-corrected chi connectivity index (χ2v) is 5.02. The molecule has 0 radical (unpaired) electrons. The van der Waals surface area contributed by atoms with Crippen LogP contribution in [-0.2, 0) is 0 Å². The Morgan fingerprint density at radius 2 is 1.75 bits per heavy atom. The van der Waals surface area contributed by atoms with Crippen molar-refractivity contribution >= 4 is 12.0 Å². The summed E-state index contributed by atoms with van der Waals surface area (Å²) < 4.78 is 0. The lowest BCUT2D eigenvalue weighted by Crippen LogP contribution is -2.18. The molecule has 0 aromatic heterocycles. The summed E-state index contributed by atoms with van der Waals surface area (Å²) in [5.41, 5.74) is 3.16. The van der Waals surface area contributed by atoms with E-state index in [1.165, 1.54) is 38.5 Å². The molecule has 2 N–H and O–H groups in total. The molecule has 0 aliphatic heterocycles. The highest BCUT2D eigenvalue weighted by atomic mass is 16.5. The number of hydrogen-bond donors (Lipinski definition) is 2. The van der Waals surface area contributed by atoms with E-state index in [9.17, 15) is 4.79 Å². The zero-order valence-electron chi connectivity index (χ0n) is 12.3. The lowest BCUT2D eigenvalue weighted by molar-refractivity contribution is 0.0706. The molecule has 0 aliphatic carbocycles. The van der Waals surface area contributed by atoms with E-state index in [4.69, 9.17) is 5.21 Å². The molecule has 110 valence electrons. The van der Waals surface area contributed by atoms with Crippen LogP contribution in [0.5, 0.6) is 0 Å². The van der Waals surface area contributed by atoms with E-state index < -0.39 is 5.91 Å². The van der Waals surface area contributed by atoms with Crippen LogP contribution in [0.3, 0.4) is 0 Å². The van der Waals surface area contributed by atoms with E-state index in [1.54, 1.807) is 17.6 Å². The number of carbonyl (C=O) groups is 1. The van der Waals surface area contributed by atoms with Crippen molar-refractivity contribution in [3.63, 3.8) is 0 Å². The molecule has 3 heteroatoms. The normalized spacial score (nSPS) is 10.9. The quantitative estimate of drug-likeness (QED) is 0.394. The summed E-state index contributed by atoms with van der Waals surface area (Å²) in [6.45, 7) is 2.23. The van der Waals surface area contributed by atoms with Crippen LogP contribution in [0.2, 0.25) is 0 Å². The van der Waals surface area contributed by atoms with E-state index >= 15 is 0 Å². The van der Waals surface area contributed by atoms with Crippen LogP contribution in [0.15, 0.2) is 30.3 Å². The smallest absolute Gasteiger partial charge is 0.274 e. The molecule has 0 spiro atoms. The Kier molecular flexibility index (Phi) is 8.40. The zero-order valence-corrected chi connectivity index (χ0v) is 12.3. The molecule has 1 rings (SSSR count). The van der Waals surface area contributed by atoms with Crippen molar-refractivity contribution in [2.75, 3.05) is 0 Å². The Hall–Kier alpha value is -1.61. The molecule has 20 heavy (non-hydrogen) atoms. The van der Waals surface area contributed by atoms with E-state index in [0.717, 1.165) is 12.0 Å². The summed E-state index contributed by atoms with van der Waals surface area (Å²) in [7, 11) is 0. The first kappa shape index (κ1) is 16.4. The Labute approximate surface area is 121 Å². The molecule has 1 aromatic rings. The highest BCUT2D eigenvalue weighted by molar-refractivity contribution is 5.93. The van der Waals surface area contributed by atoms with Crippen molar-refractivity contribution < 1.29 is 10.0 Å².